The number of nitrogens with one attached hydrogen (secondary N) is 2. The highest BCUT2D eigenvalue weighted by atomic mass is 32.2. The fraction of sp³-hybridized carbons (Fsp3) is 0.200. The largest absolute Gasteiger partial charge is 0.457 e. The highest BCUT2D eigenvalue weighted by molar-refractivity contribution is 7.90. The molecule has 0 aliphatic carbocycles. The minimum atomic E-state index is -3.32. The lowest BCUT2D eigenvalue weighted by Crippen LogP contribution is -2.72. The molecule has 5 amide bonds. The Hall–Kier alpha value is -3.73. The van der Waals surface area contributed by atoms with E-state index in [0.29, 0.717) is 17.2 Å². The summed E-state index contributed by atoms with van der Waals surface area (Å²) in [7, 11) is -3.32. The summed E-state index contributed by atoms with van der Waals surface area (Å²) < 4.78 is 28.8. The second-order valence-electron chi connectivity index (χ2n) is 7.17. The number of amides is 5. The molecule has 4 rings (SSSR count). The van der Waals surface area contributed by atoms with E-state index in [-0.39, 0.29) is 17.7 Å². The molecule has 2 fully saturated rings. The predicted molar refractivity (Wildman–Crippen MR) is 107 cm³/mol. The molecule has 0 radical (unpaired) electrons. The second-order valence-corrected chi connectivity index (χ2v) is 9.18. The number of barbiturate groups is 1. The molecule has 2 aliphatic heterocycles. The zero-order chi connectivity index (χ0) is 22.4. The molecule has 0 saturated carbocycles. The van der Waals surface area contributed by atoms with Crippen molar-refractivity contribution in [3.63, 3.8) is 0 Å². The van der Waals surface area contributed by atoms with E-state index in [2.05, 4.69) is 10.6 Å². The average molecular weight is 443 g/mol. The van der Waals surface area contributed by atoms with Crippen molar-refractivity contribution in [2.75, 3.05) is 11.2 Å². The highest BCUT2D eigenvalue weighted by Gasteiger charge is 2.60. The monoisotopic (exact) mass is 443 g/mol. The van der Waals surface area contributed by atoms with Crippen molar-refractivity contribution in [1.29, 1.82) is 0 Å². The van der Waals surface area contributed by atoms with Gasteiger partial charge in [0.1, 0.15) is 11.5 Å². The highest BCUT2D eigenvalue weighted by Crippen LogP contribution is 2.38. The molecule has 2 aromatic carbocycles. The minimum absolute atomic E-state index is 0.0278. The number of nitrogens with zero attached hydrogens (tertiary/aromatic N) is 1. The minimum Gasteiger partial charge on any atom is -0.457 e. The number of rotatable bonds is 4. The van der Waals surface area contributed by atoms with E-state index in [1.807, 2.05) is 0 Å². The number of hydrogen-bond acceptors (Lipinski definition) is 7. The van der Waals surface area contributed by atoms with Crippen LogP contribution in [-0.4, -0.2) is 44.0 Å². The summed E-state index contributed by atoms with van der Waals surface area (Å²) in [6.07, 6.45) is 1.03. The van der Waals surface area contributed by atoms with Crippen LogP contribution in [0, 0.1) is 0 Å². The SMILES string of the molecule is CS(=O)(=O)c1ccc(Oc2ccc(N3C(=O)CCC34C(=O)NC(=O)NC4=O)cc2)cc1. The molecular formula is C20H17N3O7S. The maximum atomic E-state index is 12.5. The van der Waals surface area contributed by atoms with Crippen LogP contribution in [0.5, 0.6) is 11.5 Å². The van der Waals surface area contributed by atoms with Gasteiger partial charge in [-0.25, -0.2) is 13.2 Å². The second kappa shape index (κ2) is 7.20. The van der Waals surface area contributed by atoms with E-state index >= 15 is 0 Å². The van der Waals surface area contributed by atoms with E-state index in [1.54, 1.807) is 12.1 Å². The molecule has 2 N–H and O–H groups in total. The Morgan fingerprint density at radius 2 is 1.39 bits per heavy atom. The zero-order valence-corrected chi connectivity index (χ0v) is 17.1. The van der Waals surface area contributed by atoms with Crippen LogP contribution in [-0.2, 0) is 24.2 Å². The molecule has 10 nitrogen and oxygen atoms in total. The number of hydrogen-bond donors (Lipinski definition) is 2. The first-order valence-corrected chi connectivity index (χ1v) is 11.1. The first kappa shape index (κ1) is 20.5. The molecule has 0 bridgehead atoms. The van der Waals surface area contributed by atoms with Crippen molar-refractivity contribution >= 4 is 39.3 Å². The Kier molecular flexibility index (Phi) is 4.77. The third-order valence-corrected chi connectivity index (χ3v) is 6.25. The number of carbonyl (C=O) groups excluding carboxylic acids is 4. The van der Waals surface area contributed by atoms with E-state index in [9.17, 15) is 27.6 Å². The summed E-state index contributed by atoms with van der Waals surface area (Å²) in [6, 6.07) is 11.1. The van der Waals surface area contributed by atoms with Crippen molar-refractivity contribution in [3.05, 3.63) is 48.5 Å². The third-order valence-electron chi connectivity index (χ3n) is 5.12. The molecule has 11 heteroatoms. The van der Waals surface area contributed by atoms with Gasteiger partial charge in [-0.3, -0.25) is 29.9 Å². The molecule has 0 aromatic heterocycles. The van der Waals surface area contributed by atoms with Gasteiger partial charge >= 0.3 is 6.03 Å². The lowest BCUT2D eigenvalue weighted by atomic mass is 9.91. The Morgan fingerprint density at radius 3 is 1.90 bits per heavy atom. The summed E-state index contributed by atoms with van der Waals surface area (Å²) in [5.41, 5.74) is -1.53. The number of benzene rings is 2. The van der Waals surface area contributed by atoms with Crippen LogP contribution >= 0.6 is 0 Å². The van der Waals surface area contributed by atoms with Crippen molar-refractivity contribution in [2.45, 2.75) is 23.3 Å². The lowest BCUT2D eigenvalue weighted by molar-refractivity contribution is -0.138. The molecule has 31 heavy (non-hydrogen) atoms. The summed E-state index contributed by atoms with van der Waals surface area (Å²) in [6.45, 7) is 0. The number of ether oxygens (including phenoxy) is 1. The summed E-state index contributed by atoms with van der Waals surface area (Å²) in [4.78, 5) is 50.2. The van der Waals surface area contributed by atoms with E-state index < -0.39 is 39.1 Å². The Bertz CT molecular complexity index is 1180. The van der Waals surface area contributed by atoms with E-state index in [0.717, 1.165) is 11.2 Å². The van der Waals surface area contributed by atoms with Crippen LogP contribution in [0.1, 0.15) is 12.8 Å². The average Bonchev–Trinajstić information content (AvgIpc) is 3.05. The lowest BCUT2D eigenvalue weighted by Gasteiger charge is -2.37. The van der Waals surface area contributed by atoms with Crippen molar-refractivity contribution in [2.24, 2.45) is 0 Å². The number of anilines is 1. The molecule has 1 spiro atoms. The van der Waals surface area contributed by atoms with Gasteiger partial charge in [0.2, 0.25) is 11.4 Å². The van der Waals surface area contributed by atoms with Gasteiger partial charge in [0, 0.05) is 18.4 Å². The summed E-state index contributed by atoms with van der Waals surface area (Å²) in [5, 5.41) is 4.10. The van der Waals surface area contributed by atoms with Gasteiger partial charge in [-0.15, -0.1) is 0 Å². The fourth-order valence-corrected chi connectivity index (χ4v) is 4.25. The van der Waals surface area contributed by atoms with E-state index in [1.165, 1.54) is 36.4 Å². The Morgan fingerprint density at radius 1 is 0.871 bits per heavy atom. The quantitative estimate of drug-likeness (QED) is 0.675. The molecule has 2 heterocycles. The van der Waals surface area contributed by atoms with Crippen molar-refractivity contribution < 1.29 is 32.3 Å². The number of imide groups is 2. The van der Waals surface area contributed by atoms with Gasteiger partial charge in [0.25, 0.3) is 11.8 Å². The maximum absolute atomic E-state index is 12.5. The molecule has 2 saturated heterocycles. The van der Waals surface area contributed by atoms with Gasteiger partial charge in [-0.05, 0) is 55.0 Å². The van der Waals surface area contributed by atoms with Crippen molar-refractivity contribution in [3.8, 4) is 11.5 Å². The van der Waals surface area contributed by atoms with Crippen LogP contribution in [0.4, 0.5) is 10.5 Å². The van der Waals surface area contributed by atoms with Crippen LogP contribution in [0.3, 0.4) is 0 Å². The summed E-state index contributed by atoms with van der Waals surface area (Å²) >= 11 is 0. The molecular weight excluding hydrogens is 426 g/mol. The standard InChI is InChI=1S/C20H17N3O7S/c1-31(28,29)15-8-6-14(7-9-15)30-13-4-2-12(3-5-13)23-16(24)10-11-20(23)17(25)21-19(27)22-18(20)26/h2-9H,10-11H2,1H3,(H2,21,22,25,26,27). The molecule has 0 atom stereocenters. The third kappa shape index (κ3) is 3.52. The van der Waals surface area contributed by atoms with E-state index in [4.69, 9.17) is 4.74 Å². The number of sulfone groups is 1. The molecule has 160 valence electrons. The smallest absolute Gasteiger partial charge is 0.328 e. The van der Waals surface area contributed by atoms with Crippen LogP contribution < -0.4 is 20.3 Å². The van der Waals surface area contributed by atoms with Gasteiger partial charge in [0.15, 0.2) is 9.84 Å². The van der Waals surface area contributed by atoms with Crippen LogP contribution in [0.15, 0.2) is 53.4 Å². The normalized spacial score (nSPS) is 18.2. The van der Waals surface area contributed by atoms with Gasteiger partial charge in [0.05, 0.1) is 4.90 Å². The van der Waals surface area contributed by atoms with Gasteiger partial charge in [-0.2, -0.15) is 0 Å². The zero-order valence-electron chi connectivity index (χ0n) is 16.2. The number of carbonyl (C=O) groups is 4. The topological polar surface area (TPSA) is 139 Å². The predicted octanol–water partition coefficient (Wildman–Crippen LogP) is 1.11. The van der Waals surface area contributed by atoms with Crippen LogP contribution in [0.2, 0.25) is 0 Å². The Labute approximate surface area is 177 Å². The maximum Gasteiger partial charge on any atom is 0.328 e. The van der Waals surface area contributed by atoms with Gasteiger partial charge < -0.3 is 4.74 Å². The molecule has 2 aromatic rings. The molecule has 2 aliphatic rings. The van der Waals surface area contributed by atoms with Gasteiger partial charge in [-0.1, -0.05) is 0 Å². The first-order chi connectivity index (χ1) is 14.6. The molecule has 0 unspecified atom stereocenters. The van der Waals surface area contributed by atoms with Crippen LogP contribution in [0.25, 0.3) is 0 Å². The summed E-state index contributed by atoms with van der Waals surface area (Å²) in [5.74, 6) is -1.33. The number of urea groups is 1. The van der Waals surface area contributed by atoms with Crippen molar-refractivity contribution in [1.82, 2.24) is 10.6 Å². The Balaban J connectivity index is 1.58. The fourth-order valence-electron chi connectivity index (χ4n) is 3.62. The first-order valence-electron chi connectivity index (χ1n) is 9.19.